The van der Waals surface area contributed by atoms with Crippen LogP contribution in [0.5, 0.6) is 5.75 Å². The third-order valence-corrected chi connectivity index (χ3v) is 5.76. The van der Waals surface area contributed by atoms with Gasteiger partial charge in [0, 0.05) is 0 Å². The molecule has 3 N–H and O–H groups in total. The molecule has 1 unspecified atom stereocenters. The molecule has 0 aliphatic carbocycles. The van der Waals surface area contributed by atoms with Gasteiger partial charge in [0.25, 0.3) is 0 Å². The van der Waals surface area contributed by atoms with Gasteiger partial charge < -0.3 is 0 Å². The van der Waals surface area contributed by atoms with Crippen LogP contribution in [-0.4, -0.2) is 28.3 Å². The minimum atomic E-state index is -0.721. The molecule has 5 nitrogen and oxygen atoms in total. The topological polar surface area (TPSA) is 70.6 Å². The molecule has 0 saturated carbocycles. The summed E-state index contributed by atoms with van der Waals surface area (Å²) >= 11 is 1.56. The predicted octanol–water partition coefficient (Wildman–Crippen LogP) is -1.84. The normalized spacial score (nSPS) is 19.1. The molecule has 0 aromatic heterocycles. The van der Waals surface area contributed by atoms with E-state index in [9.17, 15) is 9.90 Å². The quantitative estimate of drug-likeness (QED) is 0.251. The maximum atomic E-state index is 10.8. The van der Waals surface area contributed by atoms with E-state index in [0.29, 0.717) is 13.2 Å². The monoisotopic (exact) mass is 503 g/mol. The van der Waals surface area contributed by atoms with E-state index in [1.54, 1.807) is 0 Å². The first kappa shape index (κ1) is 16.2. The van der Waals surface area contributed by atoms with Gasteiger partial charge in [-0.25, -0.2) is 0 Å². The first-order chi connectivity index (χ1) is 9.56. The van der Waals surface area contributed by atoms with Crippen LogP contribution >= 0.6 is 22.6 Å². The number of aliphatic hydroxyl groups is 1. The molecular weight excluding hydrogens is 486 g/mol. The Bertz CT molecular complexity index is 485. The number of alkyl halides is 1. The number of aliphatic hydroxyl groups excluding tert-OH is 1. The van der Waals surface area contributed by atoms with Crippen molar-refractivity contribution in [3.63, 3.8) is 0 Å². The fraction of sp³-hybridized carbons (Fsp3) is 0.462. The number of rotatable bonds is 5. The molecule has 1 aromatic rings. The Hall–Kier alpha value is -0.130. The van der Waals surface area contributed by atoms with E-state index >= 15 is 0 Å². The molecule has 0 radical (unpaired) electrons. The summed E-state index contributed by atoms with van der Waals surface area (Å²) in [6.07, 6.45) is 0.887. The van der Waals surface area contributed by atoms with Crippen LogP contribution in [-0.2, 0) is 4.79 Å². The molecule has 7 heteroatoms. The number of amides is 1. The zero-order valence-corrected chi connectivity index (χ0v) is 15.3. The van der Waals surface area contributed by atoms with Gasteiger partial charge in [0.05, 0.1) is 0 Å². The second-order valence-electron chi connectivity index (χ2n) is 4.47. The maximum absolute atomic E-state index is 10.8. The zero-order chi connectivity index (χ0) is 14.5. The van der Waals surface area contributed by atoms with Gasteiger partial charge in [-0.2, -0.15) is 0 Å². The second kappa shape index (κ2) is 7.76. The number of ether oxygens (including phenoxy) is 1. The first-order valence-electron chi connectivity index (χ1n) is 6.29. The van der Waals surface area contributed by atoms with Gasteiger partial charge in [-0.15, -0.1) is 0 Å². The van der Waals surface area contributed by atoms with Crippen LogP contribution in [0.2, 0.25) is 0 Å². The Labute approximate surface area is 142 Å². The van der Waals surface area contributed by atoms with E-state index in [-0.39, 0.29) is 11.9 Å². The molecule has 2 rings (SSSR count). The Morgan fingerprint density at radius 3 is 3.20 bits per heavy atom. The average Bonchev–Trinajstić information content (AvgIpc) is 2.42. The molecule has 1 heterocycles. The van der Waals surface area contributed by atoms with Gasteiger partial charge in [-0.1, -0.05) is 0 Å². The number of hydrogen-bond donors (Lipinski definition) is 3. The van der Waals surface area contributed by atoms with Gasteiger partial charge in [0.15, 0.2) is 0 Å². The number of fused-ring (bicyclic) bond motifs is 1. The van der Waals surface area contributed by atoms with Gasteiger partial charge in [-0.3, -0.25) is 0 Å². The summed E-state index contributed by atoms with van der Waals surface area (Å²) in [6.45, 7) is 2.64. The Morgan fingerprint density at radius 2 is 2.45 bits per heavy atom. The molecule has 0 fully saturated rings. The number of nitrogens with one attached hydrogen (secondary N) is 2. The predicted molar refractivity (Wildman–Crippen MR) is 79.8 cm³/mol. The molecule has 2 atom stereocenters. The van der Waals surface area contributed by atoms with Crippen molar-refractivity contribution in [3.05, 3.63) is 27.3 Å². The summed E-state index contributed by atoms with van der Waals surface area (Å²) in [5.74, 6) is 0.836. The van der Waals surface area contributed by atoms with Gasteiger partial charge in [0.1, 0.15) is 0 Å². The molecule has 112 valence electrons. The van der Waals surface area contributed by atoms with Gasteiger partial charge in [0.2, 0.25) is 0 Å². The Morgan fingerprint density at radius 1 is 1.65 bits per heavy atom. The van der Waals surface area contributed by atoms with Crippen LogP contribution in [0.1, 0.15) is 24.9 Å². The van der Waals surface area contributed by atoms with E-state index in [2.05, 4.69) is 37.5 Å². The third kappa shape index (κ3) is 4.71. The Kier molecular flexibility index (Phi) is 6.30. The van der Waals surface area contributed by atoms with Crippen molar-refractivity contribution in [1.29, 1.82) is 0 Å². The first-order valence-corrected chi connectivity index (χ1v) is 9.69. The average molecular weight is 503 g/mol. The molecule has 1 aliphatic rings. The van der Waals surface area contributed by atoms with Crippen molar-refractivity contribution in [2.45, 2.75) is 23.5 Å². The standard InChI is InChI=1S/C13H17I2N2O3/c1-8(18)17-15-13(19)7-16-11-4-5-20-12-3-2-9(14)6-10(11)12/h2-3,6,11,13,16,19H,4-5,7H2,1H3,(H,17,18)/q-1/t11-,13?/m0/s1. The summed E-state index contributed by atoms with van der Waals surface area (Å²) in [7, 11) is 0. The summed E-state index contributed by atoms with van der Waals surface area (Å²) < 4.78 is 9.05. The molecule has 1 amide bonds. The SMILES string of the molecule is CC(=O)N[I-]C(O)CN[C@H]1CCOc2ccc(I)cc21. The Balaban J connectivity index is 1.91. The van der Waals surface area contributed by atoms with Gasteiger partial charge >= 0.3 is 143 Å². The van der Waals surface area contributed by atoms with Crippen LogP contribution in [0.25, 0.3) is 0 Å². The summed E-state index contributed by atoms with van der Waals surface area (Å²) in [4.78, 5) is 10.8. The van der Waals surface area contributed by atoms with Crippen molar-refractivity contribution < 1.29 is 36.1 Å². The van der Waals surface area contributed by atoms with Crippen molar-refractivity contribution in [1.82, 2.24) is 8.85 Å². The number of halogens is 2. The zero-order valence-electron chi connectivity index (χ0n) is 11.0. The fourth-order valence-electron chi connectivity index (χ4n) is 2.00. The molecule has 1 aliphatic heterocycles. The molecule has 0 spiro atoms. The molecule has 0 bridgehead atoms. The van der Waals surface area contributed by atoms with Crippen molar-refractivity contribution in [2.75, 3.05) is 13.2 Å². The van der Waals surface area contributed by atoms with E-state index in [4.69, 9.17) is 4.74 Å². The van der Waals surface area contributed by atoms with Crippen molar-refractivity contribution in [2.24, 2.45) is 0 Å². The molecule has 20 heavy (non-hydrogen) atoms. The van der Waals surface area contributed by atoms with E-state index in [0.717, 1.165) is 17.7 Å². The van der Waals surface area contributed by atoms with Crippen LogP contribution in [0.4, 0.5) is 0 Å². The molecule has 1 aromatic carbocycles. The van der Waals surface area contributed by atoms with Crippen LogP contribution in [0.3, 0.4) is 0 Å². The van der Waals surface area contributed by atoms with E-state index in [1.165, 1.54) is 10.5 Å². The van der Waals surface area contributed by atoms with Crippen LogP contribution in [0.15, 0.2) is 18.2 Å². The number of hydrogen-bond acceptors (Lipinski definition) is 4. The summed E-state index contributed by atoms with van der Waals surface area (Å²) in [5, 5.41) is 13.2. The van der Waals surface area contributed by atoms with Crippen molar-refractivity contribution >= 4 is 28.5 Å². The molecule has 0 saturated heterocycles. The number of carbonyl (C=O) groups is 1. The van der Waals surface area contributed by atoms with Crippen LogP contribution in [0, 0.1) is 3.57 Å². The number of carbonyl (C=O) groups excluding carboxylic acids is 1. The van der Waals surface area contributed by atoms with E-state index in [1.807, 2.05) is 12.1 Å². The third-order valence-electron chi connectivity index (χ3n) is 2.86. The van der Waals surface area contributed by atoms with Gasteiger partial charge in [-0.05, 0) is 0 Å². The number of benzene rings is 1. The second-order valence-corrected chi connectivity index (χ2v) is 8.32. The molecular formula is C13H17I2N2O3-. The fourth-order valence-corrected chi connectivity index (χ4v) is 3.78. The summed E-state index contributed by atoms with van der Waals surface area (Å²) in [6, 6.07) is 6.33. The summed E-state index contributed by atoms with van der Waals surface area (Å²) in [5.41, 5.74) is 1.15. The van der Waals surface area contributed by atoms with Crippen molar-refractivity contribution in [3.8, 4) is 5.75 Å². The van der Waals surface area contributed by atoms with E-state index < -0.39 is 25.6 Å². The van der Waals surface area contributed by atoms with Crippen LogP contribution < -0.4 is 35.1 Å². The minimum absolute atomic E-state index is 0.0807.